The minimum absolute atomic E-state index is 0.292. The average Bonchev–Trinajstić information content (AvgIpc) is 2.54. The topological polar surface area (TPSA) is 44.8 Å². The van der Waals surface area contributed by atoms with Crippen LogP contribution < -0.4 is 5.46 Å². The lowest BCUT2D eigenvalue weighted by Gasteiger charge is -2.32. The van der Waals surface area contributed by atoms with Gasteiger partial charge in [-0.1, -0.05) is 23.2 Å². The number of carbonyl (C=O) groups is 1. The molecule has 132 valence electrons. The molecule has 1 aromatic carbocycles. The van der Waals surface area contributed by atoms with Gasteiger partial charge in [-0.3, -0.25) is 0 Å². The smallest absolute Gasteiger partial charge is 0.456 e. The van der Waals surface area contributed by atoms with Gasteiger partial charge < -0.3 is 14.0 Å². The van der Waals surface area contributed by atoms with Gasteiger partial charge in [0, 0.05) is 15.5 Å². The number of hydrogen-bond acceptors (Lipinski definition) is 4. The van der Waals surface area contributed by atoms with Crippen LogP contribution in [0.2, 0.25) is 10.0 Å². The van der Waals surface area contributed by atoms with Crippen LogP contribution in [0.5, 0.6) is 0 Å². The maximum Gasteiger partial charge on any atom is 0.497 e. The van der Waals surface area contributed by atoms with Crippen LogP contribution in [0.15, 0.2) is 12.1 Å². The van der Waals surface area contributed by atoms with Crippen molar-refractivity contribution in [1.29, 1.82) is 0 Å². The summed E-state index contributed by atoms with van der Waals surface area (Å²) in [5.74, 6) is -0.480. The molecule has 2 rings (SSSR count). The van der Waals surface area contributed by atoms with E-state index in [0.717, 1.165) is 0 Å². The Morgan fingerprint density at radius 1 is 1.04 bits per heavy atom. The quantitative estimate of drug-likeness (QED) is 0.575. The molecule has 24 heavy (non-hydrogen) atoms. The molecule has 0 unspecified atom stereocenters. The Labute approximate surface area is 153 Å². The van der Waals surface area contributed by atoms with E-state index in [2.05, 4.69) is 0 Å². The van der Waals surface area contributed by atoms with E-state index in [9.17, 15) is 4.79 Å². The van der Waals surface area contributed by atoms with Crippen LogP contribution >= 0.6 is 23.2 Å². The fourth-order valence-corrected chi connectivity index (χ4v) is 2.89. The van der Waals surface area contributed by atoms with Gasteiger partial charge in [0.15, 0.2) is 0 Å². The molecule has 1 fully saturated rings. The van der Waals surface area contributed by atoms with Gasteiger partial charge in [-0.05, 0) is 60.6 Å². The predicted molar refractivity (Wildman–Crippen MR) is 97.3 cm³/mol. The summed E-state index contributed by atoms with van der Waals surface area (Å²) in [5.41, 5.74) is -0.799. The molecule has 1 heterocycles. The molecule has 4 nitrogen and oxygen atoms in total. The lowest BCUT2D eigenvalue weighted by Crippen LogP contribution is -2.41. The molecular weight excluding hydrogens is 350 g/mol. The molecule has 0 spiro atoms. The summed E-state index contributed by atoms with van der Waals surface area (Å²) in [6.07, 6.45) is 0. The van der Waals surface area contributed by atoms with Crippen LogP contribution in [0.3, 0.4) is 0 Å². The van der Waals surface area contributed by atoms with Crippen LogP contribution in [0.25, 0.3) is 0 Å². The van der Waals surface area contributed by atoms with Crippen molar-refractivity contribution in [2.75, 3.05) is 0 Å². The van der Waals surface area contributed by atoms with Gasteiger partial charge in [-0.15, -0.1) is 0 Å². The molecule has 1 aliphatic rings. The van der Waals surface area contributed by atoms with Gasteiger partial charge in [0.25, 0.3) is 0 Å². The third-order valence-electron chi connectivity index (χ3n) is 4.20. The van der Waals surface area contributed by atoms with E-state index in [4.69, 9.17) is 37.2 Å². The summed E-state index contributed by atoms with van der Waals surface area (Å²) in [7, 11) is -0.692. The second-order valence-corrected chi connectivity index (χ2v) is 8.76. The Kier molecular flexibility index (Phi) is 5.06. The Bertz CT molecular complexity index is 626. The third-order valence-corrected chi connectivity index (χ3v) is 4.83. The summed E-state index contributed by atoms with van der Waals surface area (Å²) in [6, 6.07) is 3.06. The fraction of sp³-hybridized carbons (Fsp3) is 0.588. The molecular formula is C17H23BCl2O4. The maximum atomic E-state index is 12.2. The largest absolute Gasteiger partial charge is 0.497 e. The van der Waals surface area contributed by atoms with Crippen molar-refractivity contribution in [3.63, 3.8) is 0 Å². The highest BCUT2D eigenvalue weighted by atomic mass is 35.5. The monoisotopic (exact) mass is 372 g/mol. The third kappa shape index (κ3) is 3.91. The predicted octanol–water partition coefficient (Wildman–Crippen LogP) is 4.25. The van der Waals surface area contributed by atoms with Crippen molar-refractivity contribution in [2.24, 2.45) is 0 Å². The van der Waals surface area contributed by atoms with E-state index in [1.54, 1.807) is 20.8 Å². The highest BCUT2D eigenvalue weighted by Crippen LogP contribution is 2.37. The molecule has 0 aliphatic carbocycles. The first-order chi connectivity index (χ1) is 10.7. The van der Waals surface area contributed by atoms with E-state index in [1.165, 1.54) is 12.1 Å². The van der Waals surface area contributed by atoms with E-state index < -0.39 is 29.9 Å². The van der Waals surface area contributed by atoms with Crippen molar-refractivity contribution in [3.05, 3.63) is 27.7 Å². The molecule has 0 radical (unpaired) electrons. The molecule has 1 saturated heterocycles. The van der Waals surface area contributed by atoms with Gasteiger partial charge in [-0.2, -0.15) is 0 Å². The highest BCUT2D eigenvalue weighted by molar-refractivity contribution is 6.69. The van der Waals surface area contributed by atoms with Crippen LogP contribution in [-0.4, -0.2) is 29.9 Å². The number of carbonyl (C=O) groups excluding carboxylic acids is 1. The zero-order chi connectivity index (χ0) is 18.5. The van der Waals surface area contributed by atoms with Crippen molar-refractivity contribution >= 4 is 41.8 Å². The molecule has 0 amide bonds. The van der Waals surface area contributed by atoms with Crippen LogP contribution in [0.4, 0.5) is 0 Å². The van der Waals surface area contributed by atoms with Gasteiger partial charge >= 0.3 is 13.1 Å². The minimum Gasteiger partial charge on any atom is -0.456 e. The fourth-order valence-electron chi connectivity index (χ4n) is 2.23. The second-order valence-electron chi connectivity index (χ2n) is 7.94. The van der Waals surface area contributed by atoms with Crippen LogP contribution in [-0.2, 0) is 14.0 Å². The summed E-state index contributed by atoms with van der Waals surface area (Å²) in [6.45, 7) is 13.2. The summed E-state index contributed by atoms with van der Waals surface area (Å²) >= 11 is 12.7. The van der Waals surface area contributed by atoms with Crippen LogP contribution in [0.1, 0.15) is 58.8 Å². The summed E-state index contributed by atoms with van der Waals surface area (Å²) in [5, 5.41) is 0.615. The number of rotatable bonds is 2. The molecule has 7 heteroatoms. The second kappa shape index (κ2) is 6.20. The van der Waals surface area contributed by atoms with Crippen molar-refractivity contribution < 1.29 is 18.8 Å². The molecule has 1 aromatic rings. The number of hydrogen-bond donors (Lipinski definition) is 0. The lowest BCUT2D eigenvalue weighted by molar-refractivity contribution is 0.00578. The number of esters is 1. The molecule has 0 saturated carbocycles. The van der Waals surface area contributed by atoms with Gasteiger partial charge in [0.2, 0.25) is 0 Å². The molecule has 0 atom stereocenters. The van der Waals surface area contributed by atoms with E-state index in [0.29, 0.717) is 21.1 Å². The van der Waals surface area contributed by atoms with Gasteiger partial charge in [0.1, 0.15) is 5.60 Å². The number of ether oxygens (including phenoxy) is 1. The van der Waals surface area contributed by atoms with Crippen molar-refractivity contribution in [2.45, 2.75) is 65.3 Å². The normalized spacial score (nSPS) is 19.5. The first-order valence-corrected chi connectivity index (χ1v) is 8.57. The average molecular weight is 373 g/mol. The molecule has 0 N–H and O–H groups in total. The Morgan fingerprint density at radius 3 is 1.83 bits per heavy atom. The molecule has 0 aromatic heterocycles. The zero-order valence-electron chi connectivity index (χ0n) is 15.1. The number of benzene rings is 1. The highest BCUT2D eigenvalue weighted by Gasteiger charge is 2.52. The first-order valence-electron chi connectivity index (χ1n) is 7.81. The van der Waals surface area contributed by atoms with E-state index in [-0.39, 0.29) is 0 Å². The Hall–Kier alpha value is -0.745. The maximum absolute atomic E-state index is 12.2. The minimum atomic E-state index is -0.692. The SMILES string of the molecule is CC(C)(C)OC(=O)c1cc(Cl)c(B2OC(C)(C)C(C)(C)O2)c(Cl)c1. The van der Waals surface area contributed by atoms with Gasteiger partial charge in [0.05, 0.1) is 16.8 Å². The van der Waals surface area contributed by atoms with Crippen molar-refractivity contribution in [3.8, 4) is 0 Å². The van der Waals surface area contributed by atoms with E-state index in [1.807, 2.05) is 27.7 Å². The standard InChI is InChI=1S/C17H23BCl2O4/c1-15(2,3)22-14(21)10-8-11(19)13(12(20)9-10)18-23-16(4,5)17(6,7)24-18/h8-9H,1-7H3. The van der Waals surface area contributed by atoms with E-state index >= 15 is 0 Å². The lowest BCUT2D eigenvalue weighted by atomic mass is 9.78. The number of halogens is 2. The van der Waals surface area contributed by atoms with Gasteiger partial charge in [-0.25, -0.2) is 4.79 Å². The molecule has 1 aliphatic heterocycles. The first kappa shape index (κ1) is 19.6. The van der Waals surface area contributed by atoms with Crippen LogP contribution in [0, 0.1) is 0 Å². The summed E-state index contributed by atoms with van der Waals surface area (Å²) < 4.78 is 17.3. The Balaban J connectivity index is 2.34. The van der Waals surface area contributed by atoms with Crippen molar-refractivity contribution in [1.82, 2.24) is 0 Å². The summed E-state index contributed by atoms with van der Waals surface area (Å²) in [4.78, 5) is 12.2. The molecule has 0 bridgehead atoms. The zero-order valence-corrected chi connectivity index (χ0v) is 16.6. The Morgan fingerprint density at radius 2 is 1.46 bits per heavy atom.